The average molecular weight is 443 g/mol. The number of nitrogens with two attached hydrogens (primary N) is 1. The fourth-order valence-electron chi connectivity index (χ4n) is 3.63. The molecular formula is C20H22Cl3N3O2. The summed E-state index contributed by atoms with van der Waals surface area (Å²) in [6.07, 6.45) is -0.362. The summed E-state index contributed by atoms with van der Waals surface area (Å²) in [5.74, 6) is 0. The van der Waals surface area contributed by atoms with Gasteiger partial charge in [-0.25, -0.2) is 4.79 Å². The first-order valence-corrected chi connectivity index (χ1v) is 10.2. The van der Waals surface area contributed by atoms with Crippen LogP contribution in [0.5, 0.6) is 0 Å². The number of nitrogens with zero attached hydrogens (tertiary/aromatic N) is 2. The Labute approximate surface area is 179 Å². The van der Waals surface area contributed by atoms with Crippen molar-refractivity contribution in [3.05, 3.63) is 63.1 Å². The van der Waals surface area contributed by atoms with Crippen molar-refractivity contribution >= 4 is 46.6 Å². The summed E-state index contributed by atoms with van der Waals surface area (Å²) in [7, 11) is 0. The number of hydrogen-bond donors (Lipinski definition) is 1. The van der Waals surface area contributed by atoms with Gasteiger partial charge < -0.3 is 15.4 Å². The van der Waals surface area contributed by atoms with E-state index < -0.39 is 0 Å². The summed E-state index contributed by atoms with van der Waals surface area (Å²) >= 11 is 18.7. The smallest absolute Gasteiger partial charge is 0.410 e. The van der Waals surface area contributed by atoms with E-state index in [-0.39, 0.29) is 24.7 Å². The first-order valence-electron chi connectivity index (χ1n) is 9.06. The lowest BCUT2D eigenvalue weighted by Gasteiger charge is -2.48. The van der Waals surface area contributed by atoms with Gasteiger partial charge in [-0.15, -0.1) is 0 Å². The number of halogens is 3. The molecule has 5 nitrogen and oxygen atoms in total. The molecule has 2 aromatic rings. The molecule has 2 unspecified atom stereocenters. The average Bonchev–Trinajstić information content (AvgIpc) is 2.68. The molecule has 1 heterocycles. The van der Waals surface area contributed by atoms with Crippen LogP contribution in [0.2, 0.25) is 15.1 Å². The predicted octanol–water partition coefficient (Wildman–Crippen LogP) is 4.99. The third-order valence-electron chi connectivity index (χ3n) is 4.86. The number of hydrogen-bond acceptors (Lipinski definition) is 4. The summed E-state index contributed by atoms with van der Waals surface area (Å²) in [6.45, 7) is 3.42. The fourth-order valence-corrected chi connectivity index (χ4v) is 4.28. The molecule has 0 saturated carbocycles. The van der Waals surface area contributed by atoms with Crippen molar-refractivity contribution in [1.82, 2.24) is 4.90 Å². The molecule has 28 heavy (non-hydrogen) atoms. The molecule has 2 aromatic carbocycles. The van der Waals surface area contributed by atoms with Crippen molar-refractivity contribution < 1.29 is 9.53 Å². The quantitative estimate of drug-likeness (QED) is 0.724. The molecule has 2 N–H and O–H groups in total. The van der Waals surface area contributed by atoms with E-state index >= 15 is 0 Å². The van der Waals surface area contributed by atoms with Crippen molar-refractivity contribution in [2.45, 2.75) is 19.0 Å². The van der Waals surface area contributed by atoms with Crippen molar-refractivity contribution in [2.24, 2.45) is 5.73 Å². The van der Waals surface area contributed by atoms with Gasteiger partial charge in [-0.2, -0.15) is 0 Å². The van der Waals surface area contributed by atoms with Gasteiger partial charge in [-0.05, 0) is 42.8 Å². The zero-order chi connectivity index (χ0) is 20.3. The molecule has 1 saturated heterocycles. The van der Waals surface area contributed by atoms with Gasteiger partial charge in [0, 0.05) is 29.7 Å². The monoisotopic (exact) mass is 441 g/mol. The van der Waals surface area contributed by atoms with Crippen LogP contribution in [0, 0.1) is 0 Å². The van der Waals surface area contributed by atoms with Gasteiger partial charge in [-0.1, -0.05) is 46.9 Å². The topological polar surface area (TPSA) is 58.8 Å². The highest BCUT2D eigenvalue weighted by Crippen LogP contribution is 2.39. The molecule has 1 aliphatic heterocycles. The zero-order valence-corrected chi connectivity index (χ0v) is 17.7. The fraction of sp³-hybridized carbons (Fsp3) is 0.350. The van der Waals surface area contributed by atoms with E-state index in [2.05, 4.69) is 4.90 Å². The minimum atomic E-state index is -0.362. The van der Waals surface area contributed by atoms with Gasteiger partial charge in [0.1, 0.15) is 0 Å². The lowest BCUT2D eigenvalue weighted by molar-refractivity contribution is 0.0763. The van der Waals surface area contributed by atoms with Gasteiger partial charge in [0.25, 0.3) is 0 Å². The first kappa shape index (κ1) is 21.1. The molecule has 0 bridgehead atoms. The molecular weight excluding hydrogens is 421 g/mol. The number of piperazine rings is 1. The molecule has 8 heteroatoms. The maximum atomic E-state index is 12.5. The Kier molecular flexibility index (Phi) is 6.94. The highest BCUT2D eigenvalue weighted by atomic mass is 35.5. The SMILES string of the molecule is CCOC(=O)N1CCN(c2ccc(Cl)cc2Cl)C(c2ccc(Cl)cc2)C1CN. The van der Waals surface area contributed by atoms with Crippen LogP contribution in [-0.4, -0.2) is 43.3 Å². The summed E-state index contributed by atoms with van der Waals surface area (Å²) < 4.78 is 5.25. The number of anilines is 1. The molecule has 2 atom stereocenters. The zero-order valence-electron chi connectivity index (χ0n) is 15.4. The Hall–Kier alpha value is -1.66. The van der Waals surface area contributed by atoms with E-state index in [4.69, 9.17) is 45.3 Å². The summed E-state index contributed by atoms with van der Waals surface area (Å²) in [5.41, 5.74) is 7.96. The van der Waals surface area contributed by atoms with Crippen molar-refractivity contribution in [2.75, 3.05) is 31.1 Å². The molecule has 1 aliphatic rings. The normalized spacial score (nSPS) is 19.6. The number of ether oxygens (including phenoxy) is 1. The first-order chi connectivity index (χ1) is 13.5. The van der Waals surface area contributed by atoms with Gasteiger partial charge in [0.15, 0.2) is 0 Å². The highest BCUT2D eigenvalue weighted by Gasteiger charge is 2.40. The highest BCUT2D eigenvalue weighted by molar-refractivity contribution is 6.36. The Morgan fingerprint density at radius 2 is 1.79 bits per heavy atom. The lowest BCUT2D eigenvalue weighted by atomic mass is 9.93. The Balaban J connectivity index is 2.06. The minimum Gasteiger partial charge on any atom is -0.450 e. The van der Waals surface area contributed by atoms with Crippen LogP contribution >= 0.6 is 34.8 Å². The molecule has 3 rings (SSSR count). The van der Waals surface area contributed by atoms with Crippen molar-refractivity contribution in [3.8, 4) is 0 Å². The number of carbonyl (C=O) groups is 1. The standard InChI is InChI=1S/C20H22Cl3N3O2/c1-2-28-20(27)26-10-9-25(17-8-7-15(22)11-16(17)23)19(18(26)12-24)13-3-5-14(21)6-4-13/h3-8,11,18-19H,2,9-10,12,24H2,1H3. The molecule has 0 radical (unpaired) electrons. The second-order valence-electron chi connectivity index (χ2n) is 6.48. The molecule has 0 aromatic heterocycles. The molecule has 1 amide bonds. The van der Waals surface area contributed by atoms with E-state index in [1.54, 1.807) is 24.0 Å². The second kappa shape index (κ2) is 9.23. The van der Waals surface area contributed by atoms with E-state index in [0.29, 0.717) is 34.8 Å². The van der Waals surface area contributed by atoms with Gasteiger partial charge in [-0.3, -0.25) is 4.90 Å². The second-order valence-corrected chi connectivity index (χ2v) is 7.76. The van der Waals surface area contributed by atoms with Gasteiger partial charge >= 0.3 is 6.09 Å². The Bertz CT molecular complexity index is 832. The summed E-state index contributed by atoms with van der Waals surface area (Å²) in [5, 5.41) is 1.76. The lowest BCUT2D eigenvalue weighted by Crippen LogP contribution is -2.59. The largest absolute Gasteiger partial charge is 0.450 e. The number of amides is 1. The number of benzene rings is 2. The summed E-state index contributed by atoms with van der Waals surface area (Å²) in [4.78, 5) is 16.4. The maximum Gasteiger partial charge on any atom is 0.410 e. The van der Waals surface area contributed by atoms with Crippen LogP contribution in [-0.2, 0) is 4.74 Å². The van der Waals surface area contributed by atoms with E-state index in [1.165, 1.54) is 0 Å². The van der Waals surface area contributed by atoms with Crippen LogP contribution in [0.25, 0.3) is 0 Å². The van der Waals surface area contributed by atoms with Crippen LogP contribution in [0.1, 0.15) is 18.5 Å². The van der Waals surface area contributed by atoms with E-state index in [1.807, 2.05) is 30.3 Å². The molecule has 150 valence electrons. The third-order valence-corrected chi connectivity index (χ3v) is 5.65. The third kappa shape index (κ3) is 4.33. The Morgan fingerprint density at radius 3 is 2.39 bits per heavy atom. The van der Waals surface area contributed by atoms with Crippen LogP contribution in [0.3, 0.4) is 0 Å². The number of rotatable bonds is 4. The molecule has 0 aliphatic carbocycles. The predicted molar refractivity (Wildman–Crippen MR) is 115 cm³/mol. The van der Waals surface area contributed by atoms with Crippen molar-refractivity contribution in [3.63, 3.8) is 0 Å². The van der Waals surface area contributed by atoms with E-state index in [0.717, 1.165) is 11.3 Å². The Morgan fingerprint density at radius 1 is 1.11 bits per heavy atom. The van der Waals surface area contributed by atoms with Crippen LogP contribution in [0.15, 0.2) is 42.5 Å². The van der Waals surface area contributed by atoms with Crippen molar-refractivity contribution in [1.29, 1.82) is 0 Å². The van der Waals surface area contributed by atoms with Crippen LogP contribution < -0.4 is 10.6 Å². The minimum absolute atomic E-state index is 0.209. The van der Waals surface area contributed by atoms with Gasteiger partial charge in [0.05, 0.1) is 29.4 Å². The summed E-state index contributed by atoms with van der Waals surface area (Å²) in [6, 6.07) is 12.5. The molecule has 0 spiro atoms. The van der Waals surface area contributed by atoms with Gasteiger partial charge in [0.2, 0.25) is 0 Å². The maximum absolute atomic E-state index is 12.5. The van der Waals surface area contributed by atoms with Crippen LogP contribution in [0.4, 0.5) is 10.5 Å². The number of carbonyl (C=O) groups excluding carboxylic acids is 1. The molecule has 1 fully saturated rings. The van der Waals surface area contributed by atoms with E-state index in [9.17, 15) is 4.79 Å².